The summed E-state index contributed by atoms with van der Waals surface area (Å²) in [6, 6.07) is 0. The van der Waals surface area contributed by atoms with E-state index in [1.165, 1.54) is 0 Å². The lowest BCUT2D eigenvalue weighted by Crippen LogP contribution is -2.66. The van der Waals surface area contributed by atoms with Crippen LogP contribution in [0.1, 0.15) is 0 Å². The van der Waals surface area contributed by atoms with Crippen molar-refractivity contribution < 1.29 is 14.9 Å². The third kappa shape index (κ3) is 1.73. The predicted molar refractivity (Wildman–Crippen MR) is 101 cm³/mol. The summed E-state index contributed by atoms with van der Waals surface area (Å²) in [6.07, 6.45) is 15.1. The summed E-state index contributed by atoms with van der Waals surface area (Å²) in [5, 5.41) is 20.3. The minimum Gasteiger partial charge on any atom is -0.396 e. The summed E-state index contributed by atoms with van der Waals surface area (Å²) < 4.78 is 5.97. The molecule has 4 fully saturated rings. The van der Waals surface area contributed by atoms with Gasteiger partial charge in [0.15, 0.2) is 0 Å². The highest BCUT2D eigenvalue weighted by atomic mass is 16.5. The van der Waals surface area contributed by atoms with Gasteiger partial charge < -0.3 is 14.9 Å². The second-order valence-corrected chi connectivity index (χ2v) is 10.5. The van der Waals surface area contributed by atoms with Crippen LogP contribution in [0.4, 0.5) is 0 Å². The van der Waals surface area contributed by atoms with Crippen LogP contribution in [0, 0.1) is 82.9 Å². The van der Waals surface area contributed by atoms with Crippen LogP contribution in [0.2, 0.25) is 0 Å². The van der Waals surface area contributed by atoms with Gasteiger partial charge in [-0.2, -0.15) is 0 Å². The van der Waals surface area contributed by atoms with Crippen LogP contribution in [0.5, 0.6) is 0 Å². The zero-order chi connectivity index (χ0) is 17.9. The minimum atomic E-state index is 0.222. The smallest absolute Gasteiger partial charge is 0.0503 e. The van der Waals surface area contributed by atoms with Crippen molar-refractivity contribution >= 4 is 0 Å². The quantitative estimate of drug-likeness (QED) is 0.738. The Morgan fingerprint density at radius 2 is 0.926 bits per heavy atom. The summed E-state index contributed by atoms with van der Waals surface area (Å²) in [5.74, 6) is 8.43. The normalized spacial score (nSPS) is 63.3. The molecule has 1 saturated heterocycles. The number of aliphatic hydroxyl groups excluding tert-OH is 2. The van der Waals surface area contributed by atoms with E-state index in [0.29, 0.717) is 47.3 Å². The fourth-order valence-corrected chi connectivity index (χ4v) is 9.57. The maximum absolute atomic E-state index is 10.1. The molecular formula is C24H30O3. The number of hydrogen-bond donors (Lipinski definition) is 2. The van der Waals surface area contributed by atoms with Crippen LogP contribution < -0.4 is 0 Å². The van der Waals surface area contributed by atoms with Gasteiger partial charge in [-0.25, -0.2) is 0 Å². The number of ether oxygens (including phenoxy) is 1. The Balaban J connectivity index is 1.35. The van der Waals surface area contributed by atoms with Gasteiger partial charge in [-0.05, 0) is 82.9 Å². The van der Waals surface area contributed by atoms with Crippen molar-refractivity contribution in [2.24, 2.45) is 82.9 Å². The van der Waals surface area contributed by atoms with E-state index in [0.717, 1.165) is 36.9 Å². The predicted octanol–water partition coefficient (Wildman–Crippen LogP) is 2.38. The van der Waals surface area contributed by atoms with Crippen molar-refractivity contribution in [2.45, 2.75) is 0 Å². The molecule has 1 heterocycles. The van der Waals surface area contributed by atoms with E-state index in [-0.39, 0.29) is 25.0 Å². The van der Waals surface area contributed by atoms with Gasteiger partial charge in [-0.3, -0.25) is 0 Å². The molecule has 0 aromatic heterocycles. The Bertz CT molecular complexity index is 682. The average molecular weight is 367 g/mol. The Kier molecular flexibility index (Phi) is 3.17. The van der Waals surface area contributed by atoms with Crippen LogP contribution in [-0.4, -0.2) is 36.6 Å². The third-order valence-electron chi connectivity index (χ3n) is 10.2. The number of aliphatic hydroxyl groups is 2. The average Bonchev–Trinajstić information content (AvgIpc) is 3.25. The molecule has 9 aliphatic carbocycles. The van der Waals surface area contributed by atoms with Crippen molar-refractivity contribution in [1.29, 1.82) is 0 Å². The van der Waals surface area contributed by atoms with Gasteiger partial charge in [0.05, 0.1) is 13.2 Å². The first-order valence-corrected chi connectivity index (χ1v) is 11.2. The molecule has 3 saturated carbocycles. The van der Waals surface area contributed by atoms with Crippen LogP contribution in [0.15, 0.2) is 36.5 Å². The molecule has 10 rings (SSSR count). The van der Waals surface area contributed by atoms with Crippen molar-refractivity contribution in [2.75, 3.05) is 26.4 Å². The Morgan fingerprint density at radius 3 is 1.37 bits per heavy atom. The van der Waals surface area contributed by atoms with Crippen LogP contribution in [0.3, 0.4) is 0 Å². The number of allylic oxidation sites excluding steroid dienone is 6. The van der Waals surface area contributed by atoms with E-state index >= 15 is 0 Å². The molecule has 14 unspecified atom stereocenters. The molecule has 14 atom stereocenters. The molecule has 0 radical (unpaired) electrons. The van der Waals surface area contributed by atoms with Gasteiger partial charge >= 0.3 is 0 Å². The second-order valence-electron chi connectivity index (χ2n) is 10.5. The van der Waals surface area contributed by atoms with E-state index < -0.39 is 0 Å². The summed E-state index contributed by atoms with van der Waals surface area (Å²) in [7, 11) is 0. The van der Waals surface area contributed by atoms with Gasteiger partial charge in [-0.1, -0.05) is 36.5 Å². The monoisotopic (exact) mass is 366 g/mol. The van der Waals surface area contributed by atoms with Crippen molar-refractivity contribution in [3.8, 4) is 0 Å². The van der Waals surface area contributed by atoms with Gasteiger partial charge in [0.25, 0.3) is 0 Å². The lowest BCUT2D eigenvalue weighted by molar-refractivity contribution is -0.165. The Labute approximate surface area is 161 Å². The fourth-order valence-electron chi connectivity index (χ4n) is 9.57. The lowest BCUT2D eigenvalue weighted by Gasteiger charge is -2.69. The van der Waals surface area contributed by atoms with Gasteiger partial charge in [-0.15, -0.1) is 0 Å². The van der Waals surface area contributed by atoms with Gasteiger partial charge in [0.1, 0.15) is 0 Å². The standard InChI is InChI=1S/C24H30O3/c25-7-17-11-1-2-12(18(17)8-26)22-16-6-5-15(21(11)22)23-13-3-4-14(24(16)23)20-10-27-9-19(13)20/h1-6,11-26H,7-10H2. The molecule has 2 N–H and O–H groups in total. The molecule has 3 nitrogen and oxygen atoms in total. The topological polar surface area (TPSA) is 49.7 Å². The SMILES string of the molecule is OCC1C2C=CC(C1CO)C1C3C=CC(C21)C1C2C=CC(C4COCC24)C31. The summed E-state index contributed by atoms with van der Waals surface area (Å²) in [4.78, 5) is 0. The maximum atomic E-state index is 10.1. The summed E-state index contributed by atoms with van der Waals surface area (Å²) in [5.41, 5.74) is 0. The molecule has 27 heavy (non-hydrogen) atoms. The molecule has 0 amide bonds. The number of rotatable bonds is 2. The van der Waals surface area contributed by atoms with Gasteiger partial charge in [0.2, 0.25) is 0 Å². The van der Waals surface area contributed by atoms with E-state index in [9.17, 15) is 10.2 Å². The van der Waals surface area contributed by atoms with Crippen LogP contribution in [-0.2, 0) is 4.74 Å². The van der Waals surface area contributed by atoms with Crippen LogP contribution >= 0.6 is 0 Å². The molecular weight excluding hydrogens is 336 g/mol. The Morgan fingerprint density at radius 1 is 0.556 bits per heavy atom. The first kappa shape index (κ1) is 16.0. The Hall–Kier alpha value is -0.900. The van der Waals surface area contributed by atoms with Crippen molar-refractivity contribution in [1.82, 2.24) is 0 Å². The number of fused-ring (bicyclic) bond motifs is 1. The lowest BCUT2D eigenvalue weighted by atomic mass is 9.35. The third-order valence-corrected chi connectivity index (χ3v) is 10.2. The molecule has 6 bridgehead atoms. The van der Waals surface area contributed by atoms with E-state index in [2.05, 4.69) is 36.5 Å². The van der Waals surface area contributed by atoms with Crippen LogP contribution in [0.25, 0.3) is 0 Å². The highest BCUT2D eigenvalue weighted by Gasteiger charge is 2.67. The summed E-state index contributed by atoms with van der Waals surface area (Å²) >= 11 is 0. The zero-order valence-electron chi connectivity index (χ0n) is 15.7. The molecule has 0 aromatic carbocycles. The first-order chi connectivity index (χ1) is 13.3. The second kappa shape index (κ2) is 5.37. The zero-order valence-corrected chi connectivity index (χ0v) is 15.7. The van der Waals surface area contributed by atoms with Gasteiger partial charge in [0, 0.05) is 13.2 Å². The molecule has 0 spiro atoms. The molecule has 0 aromatic rings. The first-order valence-electron chi connectivity index (χ1n) is 11.2. The molecule has 10 aliphatic rings. The molecule has 1 aliphatic heterocycles. The highest BCUT2D eigenvalue weighted by molar-refractivity contribution is 5.31. The minimum absolute atomic E-state index is 0.222. The summed E-state index contributed by atoms with van der Waals surface area (Å²) in [6.45, 7) is 2.37. The number of hydrogen-bond acceptors (Lipinski definition) is 3. The molecule has 3 heteroatoms. The van der Waals surface area contributed by atoms with Crippen molar-refractivity contribution in [3.63, 3.8) is 0 Å². The maximum Gasteiger partial charge on any atom is 0.0503 e. The van der Waals surface area contributed by atoms with E-state index in [4.69, 9.17) is 4.74 Å². The largest absolute Gasteiger partial charge is 0.396 e. The van der Waals surface area contributed by atoms with Crippen molar-refractivity contribution in [3.05, 3.63) is 36.5 Å². The highest BCUT2D eigenvalue weighted by Crippen LogP contribution is 2.70. The van der Waals surface area contributed by atoms with E-state index in [1.807, 2.05) is 0 Å². The molecule has 144 valence electrons. The van der Waals surface area contributed by atoms with E-state index in [1.54, 1.807) is 0 Å². The fraction of sp³-hybridized carbons (Fsp3) is 0.750.